The Morgan fingerprint density at radius 2 is 2.50 bits per heavy atom. The summed E-state index contributed by atoms with van der Waals surface area (Å²) in [5, 5.41) is 2.52. The number of thiol groups is 1. The van der Waals surface area contributed by atoms with Crippen LogP contribution in [0.1, 0.15) is 0 Å². The molecule has 5 heteroatoms. The zero-order valence-electron chi connectivity index (χ0n) is 4.25. The minimum Gasteiger partial charge on any atom is -0.768 e. The molecule has 0 aliphatic rings. The van der Waals surface area contributed by atoms with Crippen LogP contribution in [0, 0.1) is 0 Å². The van der Waals surface area contributed by atoms with Crippen molar-refractivity contribution in [3.05, 3.63) is 10.4 Å². The van der Waals surface area contributed by atoms with E-state index >= 15 is 0 Å². The lowest BCUT2D eigenvalue weighted by molar-refractivity contribution is 0.545. The van der Waals surface area contributed by atoms with Crippen molar-refractivity contribution in [2.24, 2.45) is 0 Å². The molecule has 1 N–H and O–H groups in total. The van der Waals surface area contributed by atoms with Gasteiger partial charge in [0.15, 0.2) is 0 Å². The van der Waals surface area contributed by atoms with Crippen LogP contribution >= 0.6 is 12.6 Å². The highest BCUT2D eigenvalue weighted by Gasteiger charge is 1.83. The Labute approximate surface area is 55.9 Å². The summed E-state index contributed by atoms with van der Waals surface area (Å²) in [6, 6.07) is 0. The molecule has 0 spiro atoms. The van der Waals surface area contributed by atoms with Gasteiger partial charge in [0.2, 0.25) is 0 Å². The third-order valence-corrected chi connectivity index (χ3v) is 1.47. The van der Waals surface area contributed by atoms with Gasteiger partial charge in [-0.2, -0.15) is 0 Å². The second-order valence-corrected chi connectivity index (χ2v) is 2.70. The van der Waals surface area contributed by atoms with Gasteiger partial charge in [-0.3, -0.25) is 4.21 Å². The molecule has 0 heterocycles. The maximum Gasteiger partial charge on any atom is 0.0703 e. The van der Waals surface area contributed by atoms with Crippen LogP contribution in [-0.2, 0) is 11.1 Å². The Morgan fingerprint density at radius 3 is 2.62 bits per heavy atom. The van der Waals surface area contributed by atoms with Gasteiger partial charge in [-0.25, -0.2) is 0 Å². The van der Waals surface area contributed by atoms with E-state index in [0.717, 1.165) is 0 Å². The number of nitrogens with one attached hydrogen (secondary N) is 1. The molecule has 3 nitrogen and oxygen atoms in total. The fourth-order valence-electron chi connectivity index (χ4n) is 0.172. The molecule has 0 saturated carbocycles. The molecule has 8 heavy (non-hydrogen) atoms. The fraction of sp³-hybridized carbons (Fsp3) is 0.333. The third-order valence-electron chi connectivity index (χ3n) is 0.439. The van der Waals surface area contributed by atoms with Gasteiger partial charge < -0.3 is 9.87 Å². The molecule has 0 fully saturated rings. The maximum absolute atomic E-state index is 9.90. The molecule has 0 amide bonds. The fourth-order valence-corrected chi connectivity index (χ4v) is 0.515. The molecule has 0 aromatic carbocycles. The Hall–Kier alpha value is -0.0000000000000000763. The Kier molecular flexibility index (Phi) is 3.94. The van der Waals surface area contributed by atoms with Crippen LogP contribution in [-0.4, -0.2) is 15.8 Å². The molecule has 0 aliphatic heterocycles. The van der Waals surface area contributed by atoms with Crippen LogP contribution in [0.2, 0.25) is 0 Å². The first-order chi connectivity index (χ1) is 3.68. The standard InChI is InChI=1S/C3H7NO2S2/c1-4-2-3(7)8(5)6/h2,4,7H,1H3,(H,5,6)/p-1/b3-2+. The zero-order chi connectivity index (χ0) is 6.57. The highest BCUT2D eigenvalue weighted by atomic mass is 32.2. The molecule has 0 aromatic heterocycles. The first kappa shape index (κ1) is 8.00. The van der Waals surface area contributed by atoms with E-state index in [9.17, 15) is 8.76 Å². The first-order valence-corrected chi connectivity index (χ1v) is 3.36. The van der Waals surface area contributed by atoms with Crippen molar-refractivity contribution >= 4 is 23.7 Å². The zero-order valence-corrected chi connectivity index (χ0v) is 5.96. The monoisotopic (exact) mass is 152 g/mol. The summed E-state index contributed by atoms with van der Waals surface area (Å²) < 4.78 is 19.8. The van der Waals surface area contributed by atoms with E-state index in [1.165, 1.54) is 6.20 Å². The molecular formula is C3H6NO2S2-. The van der Waals surface area contributed by atoms with E-state index < -0.39 is 11.1 Å². The van der Waals surface area contributed by atoms with Crippen LogP contribution in [0.15, 0.2) is 10.4 Å². The van der Waals surface area contributed by atoms with Crippen molar-refractivity contribution < 1.29 is 8.76 Å². The Balaban J connectivity index is 3.80. The Bertz CT molecular complexity index is 122. The molecule has 1 atom stereocenters. The van der Waals surface area contributed by atoms with Gasteiger partial charge in [0.25, 0.3) is 0 Å². The van der Waals surface area contributed by atoms with Crippen molar-refractivity contribution in [3.8, 4) is 0 Å². The lowest BCUT2D eigenvalue weighted by atomic mass is 11.0. The summed E-state index contributed by atoms with van der Waals surface area (Å²) in [5.41, 5.74) is 0. The first-order valence-electron chi connectivity index (χ1n) is 1.84. The molecule has 48 valence electrons. The molecular weight excluding hydrogens is 146 g/mol. The van der Waals surface area contributed by atoms with Crippen molar-refractivity contribution in [3.63, 3.8) is 0 Å². The lowest BCUT2D eigenvalue weighted by Gasteiger charge is -2.01. The Morgan fingerprint density at radius 1 is 2.00 bits per heavy atom. The molecule has 0 aromatic rings. The summed E-state index contributed by atoms with van der Waals surface area (Å²) in [6.07, 6.45) is 1.28. The summed E-state index contributed by atoms with van der Waals surface area (Å²) in [4.78, 5) is 0. The summed E-state index contributed by atoms with van der Waals surface area (Å²) in [5.74, 6) is 0. The van der Waals surface area contributed by atoms with E-state index in [4.69, 9.17) is 0 Å². The highest BCUT2D eigenvalue weighted by Crippen LogP contribution is 2.00. The predicted molar refractivity (Wildman–Crippen MR) is 35.0 cm³/mol. The topological polar surface area (TPSA) is 52.2 Å². The van der Waals surface area contributed by atoms with Gasteiger partial charge in [0.1, 0.15) is 0 Å². The normalized spacial score (nSPS) is 15.6. The molecule has 0 rings (SSSR count). The third kappa shape index (κ3) is 3.06. The second kappa shape index (κ2) is 3.94. The van der Waals surface area contributed by atoms with Crippen molar-refractivity contribution in [1.29, 1.82) is 0 Å². The van der Waals surface area contributed by atoms with Gasteiger partial charge in [-0.1, -0.05) is 0 Å². The van der Waals surface area contributed by atoms with E-state index in [1.54, 1.807) is 7.05 Å². The summed E-state index contributed by atoms with van der Waals surface area (Å²) in [7, 11) is 1.60. The summed E-state index contributed by atoms with van der Waals surface area (Å²) >= 11 is 1.39. The second-order valence-electron chi connectivity index (χ2n) is 1.01. The lowest BCUT2D eigenvalue weighted by Crippen LogP contribution is -1.96. The van der Waals surface area contributed by atoms with E-state index in [-0.39, 0.29) is 4.24 Å². The van der Waals surface area contributed by atoms with Crippen LogP contribution < -0.4 is 5.32 Å². The molecule has 0 aliphatic carbocycles. The van der Waals surface area contributed by atoms with Gasteiger partial charge in [-0.05, 0) is 11.1 Å². The minimum absolute atomic E-state index is 0.00694. The molecule has 0 bridgehead atoms. The number of hydrogen-bond acceptors (Lipinski definition) is 4. The van der Waals surface area contributed by atoms with Crippen LogP contribution in [0.25, 0.3) is 0 Å². The van der Waals surface area contributed by atoms with Crippen molar-refractivity contribution in [2.45, 2.75) is 0 Å². The minimum atomic E-state index is -2.20. The van der Waals surface area contributed by atoms with Crippen LogP contribution in [0.3, 0.4) is 0 Å². The average Bonchev–Trinajstić information content (AvgIpc) is 1.67. The maximum atomic E-state index is 9.90. The highest BCUT2D eigenvalue weighted by molar-refractivity contribution is 8.04. The molecule has 0 saturated heterocycles. The summed E-state index contributed by atoms with van der Waals surface area (Å²) in [6.45, 7) is 0. The van der Waals surface area contributed by atoms with Crippen LogP contribution in [0.4, 0.5) is 0 Å². The van der Waals surface area contributed by atoms with E-state index in [0.29, 0.717) is 0 Å². The molecule has 0 radical (unpaired) electrons. The number of rotatable bonds is 2. The SMILES string of the molecule is CN/C=C(\S)S(=O)[O-]. The predicted octanol–water partition coefficient (Wildman–Crippen LogP) is -0.186. The number of hydrogen-bond donors (Lipinski definition) is 2. The largest absolute Gasteiger partial charge is 0.768 e. The molecule has 1 unspecified atom stereocenters. The van der Waals surface area contributed by atoms with Gasteiger partial charge >= 0.3 is 0 Å². The smallest absolute Gasteiger partial charge is 0.0703 e. The van der Waals surface area contributed by atoms with Gasteiger partial charge in [0.05, 0.1) is 4.24 Å². The van der Waals surface area contributed by atoms with Gasteiger partial charge in [0, 0.05) is 13.2 Å². The van der Waals surface area contributed by atoms with Gasteiger partial charge in [-0.15, -0.1) is 12.6 Å². The van der Waals surface area contributed by atoms with Crippen molar-refractivity contribution in [2.75, 3.05) is 7.05 Å². The average molecular weight is 152 g/mol. The van der Waals surface area contributed by atoms with E-state index in [2.05, 4.69) is 17.9 Å². The van der Waals surface area contributed by atoms with Crippen molar-refractivity contribution in [1.82, 2.24) is 5.32 Å². The van der Waals surface area contributed by atoms with Crippen LogP contribution in [0.5, 0.6) is 0 Å². The quantitative estimate of drug-likeness (QED) is 0.426. The van der Waals surface area contributed by atoms with E-state index in [1.807, 2.05) is 0 Å².